The molecule has 8 heteroatoms. The van der Waals surface area contributed by atoms with Gasteiger partial charge in [-0.2, -0.15) is 5.10 Å². The maximum Gasteiger partial charge on any atom is 0.255 e. The highest BCUT2D eigenvalue weighted by molar-refractivity contribution is 6.31. The predicted molar refractivity (Wildman–Crippen MR) is 111 cm³/mol. The van der Waals surface area contributed by atoms with Gasteiger partial charge in [0.05, 0.1) is 25.4 Å². The fraction of sp³-hybridized carbons (Fsp3) is 0.190. The molecule has 0 aliphatic carbocycles. The summed E-state index contributed by atoms with van der Waals surface area (Å²) in [6, 6.07) is 16.1. The third kappa shape index (κ3) is 5.36. The SMILES string of the molecule is COc1ccccc1C(=O)NCCC(=O)Nc1ccnn1Cc1ccccc1Cl. The van der Waals surface area contributed by atoms with Gasteiger partial charge >= 0.3 is 0 Å². The van der Waals surface area contributed by atoms with Crippen molar-refractivity contribution in [3.8, 4) is 5.75 Å². The first-order chi connectivity index (χ1) is 14.1. The Balaban J connectivity index is 1.52. The third-order valence-electron chi connectivity index (χ3n) is 4.25. The van der Waals surface area contributed by atoms with Crippen molar-refractivity contribution in [1.29, 1.82) is 0 Å². The topological polar surface area (TPSA) is 85.2 Å². The van der Waals surface area contributed by atoms with Crippen molar-refractivity contribution < 1.29 is 14.3 Å². The van der Waals surface area contributed by atoms with E-state index in [9.17, 15) is 9.59 Å². The number of carbonyl (C=O) groups excluding carboxylic acids is 2. The molecule has 2 N–H and O–H groups in total. The van der Waals surface area contributed by atoms with Crippen molar-refractivity contribution in [2.24, 2.45) is 0 Å². The molecule has 3 rings (SSSR count). The summed E-state index contributed by atoms with van der Waals surface area (Å²) < 4.78 is 6.83. The average molecular weight is 413 g/mol. The highest BCUT2D eigenvalue weighted by atomic mass is 35.5. The van der Waals surface area contributed by atoms with E-state index in [0.29, 0.717) is 28.7 Å². The number of halogens is 1. The van der Waals surface area contributed by atoms with Crippen LogP contribution >= 0.6 is 11.6 Å². The first kappa shape index (κ1) is 20.4. The number of para-hydroxylation sites is 1. The van der Waals surface area contributed by atoms with Crippen molar-refractivity contribution in [3.05, 3.63) is 76.9 Å². The maximum absolute atomic E-state index is 12.3. The lowest BCUT2D eigenvalue weighted by Gasteiger charge is -2.11. The van der Waals surface area contributed by atoms with E-state index in [4.69, 9.17) is 16.3 Å². The first-order valence-electron chi connectivity index (χ1n) is 9.05. The molecule has 2 amide bonds. The summed E-state index contributed by atoms with van der Waals surface area (Å²) in [5.74, 6) is 0.522. The molecule has 0 unspecified atom stereocenters. The van der Waals surface area contributed by atoms with E-state index in [1.165, 1.54) is 7.11 Å². The van der Waals surface area contributed by atoms with Gasteiger partial charge in [0, 0.05) is 24.1 Å². The van der Waals surface area contributed by atoms with Crippen molar-refractivity contribution in [2.45, 2.75) is 13.0 Å². The number of benzene rings is 2. The van der Waals surface area contributed by atoms with Crippen LogP contribution < -0.4 is 15.4 Å². The largest absolute Gasteiger partial charge is 0.496 e. The lowest BCUT2D eigenvalue weighted by molar-refractivity contribution is -0.116. The second-order valence-electron chi connectivity index (χ2n) is 6.22. The van der Waals surface area contributed by atoms with Crippen LogP contribution in [0.15, 0.2) is 60.8 Å². The average Bonchev–Trinajstić information content (AvgIpc) is 3.16. The molecule has 0 saturated carbocycles. The Hall–Kier alpha value is -3.32. The fourth-order valence-electron chi connectivity index (χ4n) is 2.78. The molecule has 1 aromatic heterocycles. The highest BCUT2D eigenvalue weighted by Gasteiger charge is 2.13. The Kier molecular flexibility index (Phi) is 6.86. The van der Waals surface area contributed by atoms with Crippen molar-refractivity contribution >= 4 is 29.2 Å². The van der Waals surface area contributed by atoms with Crippen LogP contribution in [0, 0.1) is 0 Å². The van der Waals surface area contributed by atoms with E-state index < -0.39 is 0 Å². The van der Waals surface area contributed by atoms with E-state index in [2.05, 4.69) is 15.7 Å². The van der Waals surface area contributed by atoms with Crippen molar-refractivity contribution in [2.75, 3.05) is 19.0 Å². The molecular weight excluding hydrogens is 392 g/mol. The summed E-state index contributed by atoms with van der Waals surface area (Å²) in [4.78, 5) is 24.5. The second-order valence-corrected chi connectivity index (χ2v) is 6.63. The number of rotatable bonds is 8. The molecule has 0 spiro atoms. The highest BCUT2D eigenvalue weighted by Crippen LogP contribution is 2.18. The second kappa shape index (κ2) is 9.75. The molecule has 0 atom stereocenters. The third-order valence-corrected chi connectivity index (χ3v) is 4.62. The van der Waals surface area contributed by atoms with Gasteiger partial charge in [-0.3, -0.25) is 9.59 Å². The quantitative estimate of drug-likeness (QED) is 0.594. The van der Waals surface area contributed by atoms with Gasteiger partial charge in [-0.05, 0) is 23.8 Å². The number of nitrogens with one attached hydrogen (secondary N) is 2. The summed E-state index contributed by atoms with van der Waals surface area (Å²) in [5.41, 5.74) is 1.32. The molecule has 1 heterocycles. The van der Waals surface area contributed by atoms with Crippen LogP contribution in [-0.4, -0.2) is 35.2 Å². The number of carbonyl (C=O) groups is 2. The molecule has 3 aromatic rings. The van der Waals surface area contributed by atoms with Gasteiger partial charge in [0.25, 0.3) is 5.91 Å². The monoisotopic (exact) mass is 412 g/mol. The Morgan fingerprint density at radius 1 is 1.10 bits per heavy atom. The smallest absolute Gasteiger partial charge is 0.255 e. The van der Waals surface area contributed by atoms with Gasteiger partial charge < -0.3 is 15.4 Å². The van der Waals surface area contributed by atoms with Crippen molar-refractivity contribution in [1.82, 2.24) is 15.1 Å². The first-order valence-corrected chi connectivity index (χ1v) is 9.42. The number of amides is 2. The minimum Gasteiger partial charge on any atom is -0.496 e. The van der Waals surface area contributed by atoms with Gasteiger partial charge in [0.1, 0.15) is 11.6 Å². The molecule has 2 aromatic carbocycles. The van der Waals surface area contributed by atoms with Gasteiger partial charge in [-0.25, -0.2) is 4.68 Å². The zero-order valence-electron chi connectivity index (χ0n) is 15.9. The Bertz CT molecular complexity index is 1000. The van der Waals surface area contributed by atoms with E-state index in [0.717, 1.165) is 5.56 Å². The molecular formula is C21H21ClN4O3. The van der Waals surface area contributed by atoms with E-state index in [1.54, 1.807) is 41.2 Å². The van der Waals surface area contributed by atoms with Crippen LogP contribution in [-0.2, 0) is 11.3 Å². The minimum absolute atomic E-state index is 0.123. The van der Waals surface area contributed by atoms with E-state index in [-0.39, 0.29) is 24.8 Å². The number of ether oxygens (including phenoxy) is 1. The Morgan fingerprint density at radius 2 is 1.86 bits per heavy atom. The number of methoxy groups -OCH3 is 1. The van der Waals surface area contributed by atoms with Crippen LogP contribution in [0.5, 0.6) is 5.75 Å². The summed E-state index contributed by atoms with van der Waals surface area (Å²) >= 11 is 6.19. The minimum atomic E-state index is -0.293. The molecule has 0 bridgehead atoms. The standard InChI is InChI=1S/C21H21ClN4O3/c1-29-18-9-5-3-7-16(18)21(28)23-12-11-20(27)25-19-10-13-24-26(19)14-15-6-2-4-8-17(15)22/h2-10,13H,11-12,14H2,1H3,(H,23,28)(H,25,27). The zero-order valence-corrected chi connectivity index (χ0v) is 16.6. The molecule has 29 heavy (non-hydrogen) atoms. The number of hydrogen-bond acceptors (Lipinski definition) is 4. The molecule has 150 valence electrons. The molecule has 0 aliphatic rings. The van der Waals surface area contributed by atoms with Crippen LogP contribution in [0.25, 0.3) is 0 Å². The zero-order chi connectivity index (χ0) is 20.6. The predicted octanol–water partition coefficient (Wildman–Crippen LogP) is 3.35. The normalized spacial score (nSPS) is 10.4. The van der Waals surface area contributed by atoms with E-state index in [1.807, 2.05) is 24.3 Å². The molecule has 0 saturated heterocycles. The van der Waals surface area contributed by atoms with Gasteiger partial charge in [-0.15, -0.1) is 0 Å². The lowest BCUT2D eigenvalue weighted by atomic mass is 10.2. The number of hydrogen-bond donors (Lipinski definition) is 2. The fourth-order valence-corrected chi connectivity index (χ4v) is 2.97. The number of anilines is 1. The molecule has 0 aliphatic heterocycles. The van der Waals surface area contributed by atoms with E-state index >= 15 is 0 Å². The summed E-state index contributed by atoms with van der Waals surface area (Å²) in [5, 5.41) is 10.4. The van der Waals surface area contributed by atoms with Gasteiger partial charge in [-0.1, -0.05) is 41.9 Å². The van der Waals surface area contributed by atoms with Crippen LogP contribution in [0.2, 0.25) is 5.02 Å². The lowest BCUT2D eigenvalue weighted by Crippen LogP contribution is -2.28. The van der Waals surface area contributed by atoms with Crippen LogP contribution in [0.3, 0.4) is 0 Å². The van der Waals surface area contributed by atoms with Gasteiger partial charge in [0.2, 0.25) is 5.91 Å². The summed E-state index contributed by atoms with van der Waals surface area (Å²) in [6.07, 6.45) is 1.73. The van der Waals surface area contributed by atoms with Gasteiger partial charge in [0.15, 0.2) is 0 Å². The summed E-state index contributed by atoms with van der Waals surface area (Å²) in [7, 11) is 1.51. The maximum atomic E-state index is 12.3. The molecule has 0 fully saturated rings. The molecule has 0 radical (unpaired) electrons. The number of aromatic nitrogens is 2. The Morgan fingerprint density at radius 3 is 2.66 bits per heavy atom. The Labute approximate surface area is 173 Å². The molecule has 7 nitrogen and oxygen atoms in total. The summed E-state index contributed by atoms with van der Waals surface area (Å²) in [6.45, 7) is 0.633. The number of nitrogens with zero attached hydrogens (tertiary/aromatic N) is 2. The van der Waals surface area contributed by atoms with Crippen LogP contribution in [0.4, 0.5) is 5.82 Å². The van der Waals surface area contributed by atoms with Crippen LogP contribution in [0.1, 0.15) is 22.3 Å². The van der Waals surface area contributed by atoms with Crippen molar-refractivity contribution in [3.63, 3.8) is 0 Å².